The van der Waals surface area contributed by atoms with Gasteiger partial charge in [-0.25, -0.2) is 9.78 Å². The number of hydrogen-bond acceptors (Lipinski definition) is 3. The minimum atomic E-state index is -0.380. The highest BCUT2D eigenvalue weighted by Crippen LogP contribution is 2.22. The molecule has 25 heavy (non-hydrogen) atoms. The summed E-state index contributed by atoms with van der Waals surface area (Å²) in [4.78, 5) is 16.6. The molecular weight excluding hydrogens is 312 g/mol. The smallest absolute Gasteiger partial charge is 0.343 e. The first-order valence-electron chi connectivity index (χ1n) is 7.99. The molecule has 0 atom stereocenters. The van der Waals surface area contributed by atoms with Crippen molar-refractivity contribution in [1.82, 2.24) is 9.55 Å². The lowest BCUT2D eigenvalue weighted by atomic mass is 10.0. The van der Waals surface area contributed by atoms with Gasteiger partial charge in [0.2, 0.25) is 0 Å². The molecule has 0 saturated heterocycles. The molecule has 122 valence electrons. The number of benzene rings is 3. The van der Waals surface area contributed by atoms with Crippen LogP contribution in [0.4, 0.5) is 0 Å². The van der Waals surface area contributed by atoms with Crippen molar-refractivity contribution >= 4 is 17.0 Å². The first-order valence-corrected chi connectivity index (χ1v) is 7.99. The zero-order valence-electron chi connectivity index (χ0n) is 13.7. The van der Waals surface area contributed by atoms with Crippen LogP contribution in [0.15, 0.2) is 79.1 Å². The highest BCUT2D eigenvalue weighted by Gasteiger charge is 2.10. The van der Waals surface area contributed by atoms with Crippen LogP contribution in [0, 0.1) is 0 Å². The van der Waals surface area contributed by atoms with E-state index in [1.54, 1.807) is 30.6 Å². The van der Waals surface area contributed by atoms with Gasteiger partial charge < -0.3 is 9.30 Å². The van der Waals surface area contributed by atoms with Gasteiger partial charge in [-0.3, -0.25) is 0 Å². The summed E-state index contributed by atoms with van der Waals surface area (Å²) in [6, 6.07) is 22.9. The zero-order valence-corrected chi connectivity index (χ0v) is 13.7. The Labute approximate surface area is 145 Å². The number of rotatable bonds is 3. The molecule has 0 radical (unpaired) electrons. The number of ether oxygens (including phenoxy) is 1. The van der Waals surface area contributed by atoms with E-state index >= 15 is 0 Å². The molecule has 1 heterocycles. The number of carbonyl (C=O) groups excluding carboxylic acids is 1. The van der Waals surface area contributed by atoms with E-state index < -0.39 is 0 Å². The topological polar surface area (TPSA) is 44.1 Å². The molecule has 4 nitrogen and oxygen atoms in total. The lowest BCUT2D eigenvalue weighted by Crippen LogP contribution is -2.08. The van der Waals surface area contributed by atoms with Crippen LogP contribution in [0.1, 0.15) is 10.4 Å². The summed E-state index contributed by atoms with van der Waals surface area (Å²) in [6.45, 7) is 0. The average molecular weight is 328 g/mol. The summed E-state index contributed by atoms with van der Waals surface area (Å²) in [5.74, 6) is 0.109. The summed E-state index contributed by atoms with van der Waals surface area (Å²) >= 11 is 0. The third-order valence-electron chi connectivity index (χ3n) is 4.14. The van der Waals surface area contributed by atoms with Crippen molar-refractivity contribution in [3.05, 3.63) is 84.7 Å². The van der Waals surface area contributed by atoms with Crippen molar-refractivity contribution in [2.75, 3.05) is 0 Å². The molecule has 0 bridgehead atoms. The van der Waals surface area contributed by atoms with Crippen molar-refractivity contribution in [3.8, 4) is 16.9 Å². The van der Waals surface area contributed by atoms with Crippen LogP contribution in [0.2, 0.25) is 0 Å². The Morgan fingerprint density at radius 2 is 1.64 bits per heavy atom. The molecule has 0 unspecified atom stereocenters. The predicted molar refractivity (Wildman–Crippen MR) is 97.6 cm³/mol. The summed E-state index contributed by atoms with van der Waals surface area (Å²) in [5.41, 5.74) is 4.48. The van der Waals surface area contributed by atoms with Gasteiger partial charge in [-0.2, -0.15) is 0 Å². The van der Waals surface area contributed by atoms with Crippen LogP contribution in [-0.4, -0.2) is 15.5 Å². The van der Waals surface area contributed by atoms with Crippen LogP contribution < -0.4 is 4.74 Å². The van der Waals surface area contributed by atoms with Gasteiger partial charge in [-0.15, -0.1) is 0 Å². The number of aromatic nitrogens is 2. The molecule has 0 aliphatic heterocycles. The molecule has 0 aliphatic carbocycles. The Balaban J connectivity index is 1.54. The van der Waals surface area contributed by atoms with Crippen LogP contribution in [0.3, 0.4) is 0 Å². The molecule has 0 spiro atoms. The van der Waals surface area contributed by atoms with E-state index in [0.717, 1.165) is 22.2 Å². The number of aryl methyl sites for hydroxylation is 1. The summed E-state index contributed by atoms with van der Waals surface area (Å²) < 4.78 is 7.40. The summed E-state index contributed by atoms with van der Waals surface area (Å²) in [7, 11) is 1.93. The normalized spacial score (nSPS) is 10.8. The van der Waals surface area contributed by atoms with Crippen LogP contribution in [0.25, 0.3) is 22.2 Å². The molecule has 0 saturated carbocycles. The largest absolute Gasteiger partial charge is 0.423 e. The monoisotopic (exact) mass is 328 g/mol. The maximum atomic E-state index is 12.4. The maximum absolute atomic E-state index is 12.4. The third kappa shape index (κ3) is 3.02. The quantitative estimate of drug-likeness (QED) is 0.412. The SMILES string of the molecule is Cn1cnc2cc(OC(=O)c3ccc(-c4ccccc4)cc3)ccc21. The van der Waals surface area contributed by atoms with E-state index in [1.807, 2.05) is 60.1 Å². The molecule has 3 aromatic carbocycles. The van der Waals surface area contributed by atoms with Crippen LogP contribution in [0.5, 0.6) is 5.75 Å². The molecule has 0 amide bonds. The minimum Gasteiger partial charge on any atom is -0.423 e. The van der Waals surface area contributed by atoms with Crippen molar-refractivity contribution in [2.45, 2.75) is 0 Å². The van der Waals surface area contributed by atoms with Gasteiger partial charge in [0, 0.05) is 13.1 Å². The summed E-state index contributed by atoms with van der Waals surface area (Å²) in [5, 5.41) is 0. The maximum Gasteiger partial charge on any atom is 0.343 e. The van der Waals surface area contributed by atoms with Crippen LogP contribution >= 0.6 is 0 Å². The zero-order chi connectivity index (χ0) is 17.2. The lowest BCUT2D eigenvalue weighted by molar-refractivity contribution is 0.0735. The second kappa shape index (κ2) is 6.24. The molecule has 4 rings (SSSR count). The first kappa shape index (κ1) is 15.1. The van der Waals surface area contributed by atoms with E-state index in [-0.39, 0.29) is 5.97 Å². The Hall–Kier alpha value is -3.40. The van der Waals surface area contributed by atoms with E-state index in [1.165, 1.54) is 0 Å². The van der Waals surface area contributed by atoms with Gasteiger partial charge in [0.05, 0.1) is 22.9 Å². The number of carbonyl (C=O) groups is 1. The highest BCUT2D eigenvalue weighted by atomic mass is 16.5. The van der Waals surface area contributed by atoms with Gasteiger partial charge in [0.1, 0.15) is 5.75 Å². The van der Waals surface area contributed by atoms with Gasteiger partial charge in [-0.05, 0) is 35.4 Å². The third-order valence-corrected chi connectivity index (χ3v) is 4.14. The highest BCUT2D eigenvalue weighted by molar-refractivity contribution is 5.92. The lowest BCUT2D eigenvalue weighted by Gasteiger charge is -2.06. The molecule has 4 aromatic rings. The van der Waals surface area contributed by atoms with Crippen LogP contribution in [-0.2, 0) is 7.05 Å². The summed E-state index contributed by atoms with van der Waals surface area (Å²) in [6.07, 6.45) is 1.73. The second-order valence-corrected chi connectivity index (χ2v) is 5.84. The molecule has 0 fully saturated rings. The van der Waals surface area contributed by atoms with Crippen molar-refractivity contribution in [2.24, 2.45) is 7.05 Å². The van der Waals surface area contributed by atoms with Gasteiger partial charge in [0.15, 0.2) is 0 Å². The van der Waals surface area contributed by atoms with E-state index in [2.05, 4.69) is 4.98 Å². The van der Waals surface area contributed by atoms with Gasteiger partial charge in [-0.1, -0.05) is 42.5 Å². The number of imidazole rings is 1. The molecule has 4 heteroatoms. The van der Waals surface area contributed by atoms with Gasteiger partial charge in [0.25, 0.3) is 0 Å². The molecular formula is C21H16N2O2. The number of esters is 1. The fourth-order valence-electron chi connectivity index (χ4n) is 2.77. The Kier molecular flexibility index (Phi) is 3.78. The number of nitrogens with zero attached hydrogens (tertiary/aromatic N) is 2. The average Bonchev–Trinajstić information content (AvgIpc) is 3.03. The van der Waals surface area contributed by atoms with E-state index in [4.69, 9.17) is 4.74 Å². The Bertz CT molecular complexity index is 1030. The van der Waals surface area contributed by atoms with Crippen molar-refractivity contribution < 1.29 is 9.53 Å². The predicted octanol–water partition coefficient (Wildman–Crippen LogP) is 4.46. The first-order chi connectivity index (χ1) is 12.2. The fourth-order valence-corrected chi connectivity index (χ4v) is 2.77. The number of hydrogen-bond donors (Lipinski definition) is 0. The Morgan fingerprint density at radius 3 is 2.40 bits per heavy atom. The van der Waals surface area contributed by atoms with Gasteiger partial charge >= 0.3 is 5.97 Å². The number of fused-ring (bicyclic) bond motifs is 1. The molecule has 1 aromatic heterocycles. The van der Waals surface area contributed by atoms with Crippen molar-refractivity contribution in [3.63, 3.8) is 0 Å². The molecule has 0 N–H and O–H groups in total. The fraction of sp³-hybridized carbons (Fsp3) is 0.0476. The Morgan fingerprint density at radius 1 is 0.920 bits per heavy atom. The van der Waals surface area contributed by atoms with E-state index in [9.17, 15) is 4.79 Å². The standard InChI is InChI=1S/C21H16N2O2/c1-23-14-22-19-13-18(11-12-20(19)23)25-21(24)17-9-7-16(8-10-17)15-5-3-2-4-6-15/h2-14H,1H3. The van der Waals surface area contributed by atoms with Crippen molar-refractivity contribution in [1.29, 1.82) is 0 Å². The molecule has 0 aliphatic rings. The minimum absolute atomic E-state index is 0.380. The second-order valence-electron chi connectivity index (χ2n) is 5.84. The van der Waals surface area contributed by atoms with E-state index in [0.29, 0.717) is 11.3 Å².